The van der Waals surface area contributed by atoms with Crippen molar-refractivity contribution >= 4 is 40.5 Å². The van der Waals surface area contributed by atoms with Crippen LogP contribution in [0, 0.1) is 11.3 Å². The Hall–Kier alpha value is -6.10. The van der Waals surface area contributed by atoms with Gasteiger partial charge in [0.05, 0.1) is 36.1 Å². The zero-order valence-corrected chi connectivity index (χ0v) is 39.7. The number of benzene rings is 2. The highest BCUT2D eigenvalue weighted by atomic mass is 16.5. The van der Waals surface area contributed by atoms with Crippen LogP contribution in [-0.2, 0) is 52.8 Å². The molecule has 6 heterocycles. The van der Waals surface area contributed by atoms with Crippen molar-refractivity contribution in [2.24, 2.45) is 11.3 Å². The third-order valence-electron chi connectivity index (χ3n) is 13.7. The molecule has 8 rings (SSSR count). The van der Waals surface area contributed by atoms with Crippen LogP contribution in [0.1, 0.15) is 76.8 Å². The van der Waals surface area contributed by atoms with Crippen LogP contribution in [0.5, 0.6) is 5.75 Å². The quantitative estimate of drug-likeness (QED) is 0.0980. The van der Waals surface area contributed by atoms with E-state index in [0.717, 1.165) is 39.0 Å². The van der Waals surface area contributed by atoms with Gasteiger partial charge in [0, 0.05) is 81.4 Å². The zero-order valence-electron chi connectivity index (χ0n) is 39.7. The lowest BCUT2D eigenvalue weighted by Gasteiger charge is -2.36. The molecule has 4 aliphatic heterocycles. The number of ether oxygens (including phenoxy) is 2. The van der Waals surface area contributed by atoms with Gasteiger partial charge in [0.1, 0.15) is 23.9 Å². The predicted molar refractivity (Wildman–Crippen MR) is 253 cm³/mol. The van der Waals surface area contributed by atoms with Gasteiger partial charge in [-0.3, -0.25) is 34.0 Å². The number of aromatic nitrogens is 2. The van der Waals surface area contributed by atoms with Crippen molar-refractivity contribution in [1.29, 1.82) is 0 Å². The highest BCUT2D eigenvalue weighted by molar-refractivity contribution is 5.97. The summed E-state index contributed by atoms with van der Waals surface area (Å²) in [6.45, 7) is 16.3. The van der Waals surface area contributed by atoms with E-state index in [2.05, 4.69) is 66.2 Å². The SMILES string of the molecule is C=C(C)[C@@H](C(=O)N[C@H]1Cc2cc(O)cc(c2)-c2ccc3c(c2)c(c(-c2cccnc2[C@H](C)OC)n3CC)CC(C)(C)COC(=O)[C@@H]2CCCN(N2)C1=O)N(C)C(=O)[C@@H]1CCN(C(=O)[C@@H]2CN2)C1. The maximum Gasteiger partial charge on any atom is 0.324 e. The van der Waals surface area contributed by atoms with E-state index in [9.17, 15) is 29.1 Å². The summed E-state index contributed by atoms with van der Waals surface area (Å²) in [5.41, 5.74) is 9.85. The number of rotatable bonds is 10. The third kappa shape index (κ3) is 9.83. The molecule has 6 bridgehead atoms. The highest BCUT2D eigenvalue weighted by Gasteiger charge is 2.42. The molecule has 0 radical (unpaired) electrons. The van der Waals surface area contributed by atoms with Gasteiger partial charge in [-0.15, -0.1) is 0 Å². The summed E-state index contributed by atoms with van der Waals surface area (Å²) in [6.07, 6.45) is 3.38. The number of cyclic esters (lactones) is 1. The first-order chi connectivity index (χ1) is 32.0. The topological polar surface area (TPSA) is 198 Å². The van der Waals surface area contributed by atoms with E-state index < -0.39 is 47.2 Å². The molecule has 0 saturated carbocycles. The molecule has 16 heteroatoms. The number of fused-ring (bicyclic) bond motifs is 6. The molecule has 2 aromatic heterocycles. The van der Waals surface area contributed by atoms with Gasteiger partial charge < -0.3 is 39.6 Å². The average molecular weight is 917 g/mol. The molecule has 3 fully saturated rings. The second kappa shape index (κ2) is 19.2. The van der Waals surface area contributed by atoms with E-state index in [1.807, 2.05) is 25.1 Å². The van der Waals surface area contributed by atoms with Crippen LogP contribution < -0.4 is 16.1 Å². The minimum Gasteiger partial charge on any atom is -0.508 e. The number of amides is 4. The van der Waals surface area contributed by atoms with Gasteiger partial charge in [-0.25, -0.2) is 5.43 Å². The Labute approximate surface area is 392 Å². The van der Waals surface area contributed by atoms with E-state index in [4.69, 9.17) is 14.5 Å². The summed E-state index contributed by atoms with van der Waals surface area (Å²) < 4.78 is 14.2. The molecule has 2 aromatic carbocycles. The molecular formula is C51H64N8O8. The van der Waals surface area contributed by atoms with Crippen molar-refractivity contribution in [2.45, 2.75) is 104 Å². The molecule has 4 aliphatic rings. The molecule has 4 N–H and O–H groups in total. The van der Waals surface area contributed by atoms with Crippen molar-refractivity contribution in [3.8, 4) is 28.1 Å². The number of carbonyl (C=O) groups is 5. The number of nitrogens with zero attached hydrogens (tertiary/aromatic N) is 5. The van der Waals surface area contributed by atoms with Gasteiger partial charge in [0.15, 0.2) is 0 Å². The second-order valence-electron chi connectivity index (χ2n) is 19.5. The molecule has 16 nitrogen and oxygen atoms in total. The third-order valence-corrected chi connectivity index (χ3v) is 13.7. The Morgan fingerprint density at radius 1 is 1.10 bits per heavy atom. The fourth-order valence-electron chi connectivity index (χ4n) is 10.1. The van der Waals surface area contributed by atoms with E-state index >= 15 is 0 Å². The first-order valence-electron chi connectivity index (χ1n) is 23.4. The maximum absolute atomic E-state index is 14.7. The summed E-state index contributed by atoms with van der Waals surface area (Å²) in [4.78, 5) is 77.7. The summed E-state index contributed by atoms with van der Waals surface area (Å²) in [6, 6.07) is 12.0. The van der Waals surface area contributed by atoms with Crippen molar-refractivity contribution < 1.29 is 38.6 Å². The van der Waals surface area contributed by atoms with Gasteiger partial charge in [-0.1, -0.05) is 32.6 Å². The lowest BCUT2D eigenvalue weighted by molar-refractivity contribution is -0.155. The standard InChI is InChI=1S/C51H64N8O8/c1-9-58-42-15-14-32-24-37(42)38(45(58)36-12-10-17-52-43(36)30(4)66-8)25-51(5,6)28-67-50(65)39-13-11-18-59(55-39)49(64)40(22-31-20-34(32)23-35(60)21-31)54-46(61)44(29(2)3)56(7)47(62)33-16-19-57(27-33)48(63)41-26-53-41/h10,12,14-15,17,20-21,23-24,30,33,39-41,44,53,55,60H,2,9,11,13,16,18-19,22,25-28H2,1,3-8H3,(H,54,61)/t30-,33+,39-,40-,41-,44-/m0/s1. The van der Waals surface area contributed by atoms with Crippen molar-refractivity contribution in [3.63, 3.8) is 0 Å². The number of aryl methyl sites for hydroxylation is 1. The van der Waals surface area contributed by atoms with E-state index in [1.54, 1.807) is 44.3 Å². The van der Waals surface area contributed by atoms with Gasteiger partial charge in [-0.05, 0) is 111 Å². The number of pyridine rings is 1. The van der Waals surface area contributed by atoms with Crippen LogP contribution >= 0.6 is 0 Å². The predicted octanol–water partition coefficient (Wildman–Crippen LogP) is 4.68. The number of hydrogen-bond donors (Lipinski definition) is 4. The fraction of sp³-hybridized carbons (Fsp3) is 0.490. The number of carbonyl (C=O) groups excluding carboxylic acids is 5. The van der Waals surface area contributed by atoms with Gasteiger partial charge in [0.2, 0.25) is 17.7 Å². The molecular weight excluding hydrogens is 853 g/mol. The second-order valence-corrected chi connectivity index (χ2v) is 19.5. The molecule has 4 aromatic rings. The smallest absolute Gasteiger partial charge is 0.324 e. The summed E-state index contributed by atoms with van der Waals surface area (Å²) in [5, 5.41) is 19.7. The first-order valence-corrected chi connectivity index (χ1v) is 23.4. The van der Waals surface area contributed by atoms with Crippen LogP contribution in [-0.4, -0.2) is 130 Å². The maximum atomic E-state index is 14.7. The van der Waals surface area contributed by atoms with E-state index in [-0.39, 0.29) is 55.8 Å². The number of phenols is 1. The largest absolute Gasteiger partial charge is 0.508 e. The Morgan fingerprint density at radius 2 is 1.88 bits per heavy atom. The van der Waals surface area contributed by atoms with Crippen LogP contribution in [0.4, 0.5) is 0 Å². The number of phenolic OH excluding ortho intramolecular Hbond substituents is 1. The minimum atomic E-state index is -1.20. The Morgan fingerprint density at radius 3 is 2.60 bits per heavy atom. The molecule has 67 heavy (non-hydrogen) atoms. The minimum absolute atomic E-state index is 0.0214. The van der Waals surface area contributed by atoms with Crippen LogP contribution in [0.3, 0.4) is 0 Å². The summed E-state index contributed by atoms with van der Waals surface area (Å²) in [7, 11) is 3.21. The number of nitrogens with one attached hydrogen (secondary N) is 3. The molecule has 0 aliphatic carbocycles. The number of hydrazine groups is 1. The Kier molecular flexibility index (Phi) is 13.6. The van der Waals surface area contributed by atoms with Crippen LogP contribution in [0.2, 0.25) is 0 Å². The molecule has 356 valence electrons. The fourth-order valence-corrected chi connectivity index (χ4v) is 10.1. The van der Waals surface area contributed by atoms with Crippen molar-refractivity contribution in [2.75, 3.05) is 46.9 Å². The number of likely N-dealkylation sites (N-methyl/N-ethyl adjacent to an activating group) is 1. The van der Waals surface area contributed by atoms with Gasteiger partial charge in [0.25, 0.3) is 5.91 Å². The molecule has 6 atom stereocenters. The summed E-state index contributed by atoms with van der Waals surface area (Å²) >= 11 is 0. The lowest BCUT2D eigenvalue weighted by atomic mass is 9.84. The molecule has 4 amide bonds. The molecule has 3 saturated heterocycles. The lowest BCUT2D eigenvalue weighted by Crippen LogP contribution is -2.62. The molecule has 0 unspecified atom stereocenters. The van der Waals surface area contributed by atoms with Crippen LogP contribution in [0.15, 0.2) is 66.9 Å². The average Bonchev–Trinajstić information content (AvgIpc) is 3.97. The van der Waals surface area contributed by atoms with Gasteiger partial charge >= 0.3 is 5.97 Å². The van der Waals surface area contributed by atoms with Crippen molar-refractivity contribution in [3.05, 3.63) is 83.7 Å². The molecule has 0 spiro atoms. The summed E-state index contributed by atoms with van der Waals surface area (Å²) in [5.74, 6) is -2.45. The number of esters is 1. The first kappa shape index (κ1) is 47.4. The van der Waals surface area contributed by atoms with Crippen LogP contribution in [0.25, 0.3) is 33.3 Å². The normalized spacial score (nSPS) is 22.7. The monoisotopic (exact) mass is 916 g/mol. The number of likely N-dealkylation sites (tertiary alicyclic amines) is 1. The van der Waals surface area contributed by atoms with Crippen molar-refractivity contribution in [1.82, 2.24) is 40.4 Å². The number of aromatic hydroxyl groups is 1. The number of methoxy groups -OCH3 is 1. The van der Waals surface area contributed by atoms with E-state index in [0.29, 0.717) is 62.0 Å². The van der Waals surface area contributed by atoms with Gasteiger partial charge in [-0.2, -0.15) is 0 Å². The highest BCUT2D eigenvalue weighted by Crippen LogP contribution is 2.42. The van der Waals surface area contributed by atoms with E-state index in [1.165, 1.54) is 9.91 Å². The zero-order chi connectivity index (χ0) is 47.9. The Bertz CT molecular complexity index is 2600. The Balaban J connectivity index is 1.18. The number of hydrogen-bond acceptors (Lipinski definition) is 11.